The van der Waals surface area contributed by atoms with Crippen LogP contribution in [0.25, 0.3) is 0 Å². The molecule has 0 radical (unpaired) electrons. The predicted molar refractivity (Wildman–Crippen MR) is 56.0 cm³/mol. The highest BCUT2D eigenvalue weighted by Gasteiger charge is 1.97. The van der Waals surface area contributed by atoms with Crippen LogP contribution in [0.2, 0.25) is 0 Å². The van der Waals surface area contributed by atoms with E-state index in [0.717, 1.165) is 12.8 Å². The zero-order valence-electron chi connectivity index (χ0n) is 8.73. The average Bonchev–Trinajstić information content (AvgIpc) is 2.15. The number of nitrogens with two attached hydrogens (primary N) is 1. The molecule has 0 unspecified atom stereocenters. The van der Waals surface area contributed by atoms with E-state index in [1.165, 1.54) is 0 Å². The lowest BCUT2D eigenvalue weighted by molar-refractivity contribution is 0.276. The molecule has 1 aromatic heterocycles. The second-order valence-corrected chi connectivity index (χ2v) is 3.68. The molecule has 0 aromatic carbocycles. The van der Waals surface area contributed by atoms with Crippen LogP contribution in [0.4, 0.5) is 5.69 Å². The van der Waals surface area contributed by atoms with Gasteiger partial charge in [-0.25, -0.2) is 9.97 Å². The smallest absolute Gasteiger partial charge is 0.316 e. The first-order chi connectivity index (χ1) is 6.68. The molecule has 1 rings (SSSR count). The minimum absolute atomic E-state index is 0.406. The number of rotatable bonds is 5. The normalized spacial score (nSPS) is 10.5. The summed E-state index contributed by atoms with van der Waals surface area (Å²) in [6.45, 7) is 5.06. The van der Waals surface area contributed by atoms with Crippen LogP contribution >= 0.6 is 0 Å². The van der Waals surface area contributed by atoms with E-state index in [9.17, 15) is 0 Å². The third kappa shape index (κ3) is 4.07. The lowest BCUT2D eigenvalue weighted by Crippen LogP contribution is -2.02. The monoisotopic (exact) mass is 195 g/mol. The molecule has 0 atom stereocenters. The van der Waals surface area contributed by atoms with Crippen molar-refractivity contribution >= 4 is 5.69 Å². The molecular weight excluding hydrogens is 178 g/mol. The van der Waals surface area contributed by atoms with Crippen molar-refractivity contribution in [1.82, 2.24) is 9.97 Å². The Hall–Kier alpha value is -1.32. The van der Waals surface area contributed by atoms with Gasteiger partial charge in [-0.15, -0.1) is 0 Å². The highest BCUT2D eigenvalue weighted by molar-refractivity contribution is 5.30. The van der Waals surface area contributed by atoms with E-state index in [2.05, 4.69) is 23.8 Å². The molecule has 4 nitrogen and oxygen atoms in total. The van der Waals surface area contributed by atoms with Crippen LogP contribution in [0.15, 0.2) is 12.4 Å². The first-order valence-electron chi connectivity index (χ1n) is 4.89. The molecular formula is C10H17N3O. The van der Waals surface area contributed by atoms with Crippen LogP contribution in [0.5, 0.6) is 6.01 Å². The molecule has 2 N–H and O–H groups in total. The van der Waals surface area contributed by atoms with Gasteiger partial charge in [0, 0.05) is 0 Å². The van der Waals surface area contributed by atoms with Crippen molar-refractivity contribution in [2.45, 2.75) is 26.7 Å². The first-order valence-corrected chi connectivity index (χ1v) is 4.89. The summed E-state index contributed by atoms with van der Waals surface area (Å²) in [6.07, 6.45) is 5.29. The van der Waals surface area contributed by atoms with Gasteiger partial charge in [0.15, 0.2) is 0 Å². The predicted octanol–water partition coefficient (Wildman–Crippen LogP) is 1.87. The summed E-state index contributed by atoms with van der Waals surface area (Å²) in [6, 6.07) is 0.406. The lowest BCUT2D eigenvalue weighted by Gasteiger charge is -2.05. The summed E-state index contributed by atoms with van der Waals surface area (Å²) in [5.74, 6) is 0.714. The van der Waals surface area contributed by atoms with Gasteiger partial charge in [0.25, 0.3) is 0 Å². The van der Waals surface area contributed by atoms with Crippen molar-refractivity contribution in [2.24, 2.45) is 5.92 Å². The second kappa shape index (κ2) is 5.42. The third-order valence-electron chi connectivity index (χ3n) is 1.81. The Balaban J connectivity index is 2.21. The zero-order chi connectivity index (χ0) is 10.4. The molecule has 4 heteroatoms. The number of hydrogen-bond donors (Lipinski definition) is 1. The van der Waals surface area contributed by atoms with Gasteiger partial charge in [-0.1, -0.05) is 13.8 Å². The maximum atomic E-state index is 5.44. The van der Waals surface area contributed by atoms with Crippen LogP contribution in [0, 0.1) is 5.92 Å². The molecule has 0 saturated carbocycles. The highest BCUT2D eigenvalue weighted by Crippen LogP contribution is 2.06. The summed E-state index contributed by atoms with van der Waals surface area (Å²) in [5, 5.41) is 0. The topological polar surface area (TPSA) is 61.0 Å². The summed E-state index contributed by atoms with van der Waals surface area (Å²) in [7, 11) is 0. The Kier molecular flexibility index (Phi) is 4.16. The Morgan fingerprint density at radius 2 is 2.00 bits per heavy atom. The van der Waals surface area contributed by atoms with E-state index in [1.54, 1.807) is 12.4 Å². The Morgan fingerprint density at radius 3 is 2.57 bits per heavy atom. The van der Waals surface area contributed by atoms with E-state index in [4.69, 9.17) is 10.5 Å². The molecule has 0 saturated heterocycles. The van der Waals surface area contributed by atoms with Gasteiger partial charge < -0.3 is 10.5 Å². The summed E-state index contributed by atoms with van der Waals surface area (Å²) >= 11 is 0. The lowest BCUT2D eigenvalue weighted by atomic mass is 10.1. The summed E-state index contributed by atoms with van der Waals surface area (Å²) in [4.78, 5) is 7.87. The maximum Gasteiger partial charge on any atom is 0.316 e. The Morgan fingerprint density at radius 1 is 1.36 bits per heavy atom. The second-order valence-electron chi connectivity index (χ2n) is 3.68. The standard InChI is InChI=1S/C10H17N3O/c1-8(2)4-3-5-14-10-12-6-9(11)7-13-10/h6-8H,3-5,11H2,1-2H3. The molecule has 1 aromatic rings. The van der Waals surface area contributed by atoms with Crippen LogP contribution in [0.3, 0.4) is 0 Å². The molecule has 0 amide bonds. The van der Waals surface area contributed by atoms with Gasteiger partial charge in [-0.2, -0.15) is 0 Å². The molecule has 0 fully saturated rings. The highest BCUT2D eigenvalue weighted by atomic mass is 16.5. The number of hydrogen-bond acceptors (Lipinski definition) is 4. The van der Waals surface area contributed by atoms with Crippen molar-refractivity contribution in [3.05, 3.63) is 12.4 Å². The molecule has 0 bridgehead atoms. The number of aromatic nitrogens is 2. The molecule has 1 heterocycles. The third-order valence-corrected chi connectivity index (χ3v) is 1.81. The van der Waals surface area contributed by atoms with Crippen LogP contribution in [-0.4, -0.2) is 16.6 Å². The van der Waals surface area contributed by atoms with Crippen LogP contribution in [-0.2, 0) is 0 Å². The van der Waals surface area contributed by atoms with Crippen LogP contribution < -0.4 is 10.5 Å². The van der Waals surface area contributed by atoms with E-state index in [-0.39, 0.29) is 0 Å². The molecule has 0 aliphatic rings. The maximum absolute atomic E-state index is 5.44. The summed E-state index contributed by atoms with van der Waals surface area (Å²) in [5.41, 5.74) is 6.00. The van der Waals surface area contributed by atoms with Gasteiger partial charge in [0.05, 0.1) is 24.7 Å². The number of nitrogens with zero attached hydrogens (tertiary/aromatic N) is 2. The van der Waals surface area contributed by atoms with E-state index >= 15 is 0 Å². The Bertz CT molecular complexity index is 259. The van der Waals surface area contributed by atoms with E-state index in [0.29, 0.717) is 24.2 Å². The largest absolute Gasteiger partial charge is 0.463 e. The van der Waals surface area contributed by atoms with Crippen molar-refractivity contribution < 1.29 is 4.74 Å². The van der Waals surface area contributed by atoms with E-state index in [1.807, 2.05) is 0 Å². The minimum atomic E-state index is 0.406. The SMILES string of the molecule is CC(C)CCCOc1ncc(N)cn1. The van der Waals surface area contributed by atoms with Crippen molar-refractivity contribution in [2.75, 3.05) is 12.3 Å². The number of nitrogen functional groups attached to an aromatic ring is 1. The molecule has 0 aliphatic heterocycles. The quantitative estimate of drug-likeness (QED) is 0.729. The first kappa shape index (κ1) is 10.8. The zero-order valence-corrected chi connectivity index (χ0v) is 8.73. The number of ether oxygens (including phenoxy) is 1. The van der Waals surface area contributed by atoms with Crippen molar-refractivity contribution in [1.29, 1.82) is 0 Å². The van der Waals surface area contributed by atoms with Gasteiger partial charge in [0.2, 0.25) is 0 Å². The van der Waals surface area contributed by atoms with Gasteiger partial charge in [0.1, 0.15) is 0 Å². The number of anilines is 1. The fourth-order valence-electron chi connectivity index (χ4n) is 1.06. The van der Waals surface area contributed by atoms with Gasteiger partial charge in [-0.05, 0) is 18.8 Å². The fourth-order valence-corrected chi connectivity index (χ4v) is 1.06. The van der Waals surface area contributed by atoms with E-state index < -0.39 is 0 Å². The molecule has 78 valence electrons. The van der Waals surface area contributed by atoms with Crippen LogP contribution in [0.1, 0.15) is 26.7 Å². The van der Waals surface area contributed by atoms with Crippen molar-refractivity contribution in [3.63, 3.8) is 0 Å². The van der Waals surface area contributed by atoms with Gasteiger partial charge >= 0.3 is 6.01 Å². The molecule has 14 heavy (non-hydrogen) atoms. The summed E-state index contributed by atoms with van der Waals surface area (Å²) < 4.78 is 5.33. The molecule has 0 spiro atoms. The minimum Gasteiger partial charge on any atom is -0.463 e. The fraction of sp³-hybridized carbons (Fsp3) is 0.600. The van der Waals surface area contributed by atoms with Gasteiger partial charge in [-0.3, -0.25) is 0 Å². The Labute approximate surface area is 84.5 Å². The van der Waals surface area contributed by atoms with Crippen molar-refractivity contribution in [3.8, 4) is 6.01 Å². The average molecular weight is 195 g/mol. The molecule has 0 aliphatic carbocycles.